The van der Waals surface area contributed by atoms with Crippen LogP contribution in [-0.4, -0.2) is 73.0 Å². The standard InChI is InChI=1S/C36H45F2N5O2/c1-24-6-7-30-31(18-24)39-23-36(30)11-17-41(22-25(36)2)14-8-26-9-15-43(16-10-26)35-40-32(34(44)42-12-4-3-5-13-42)33(45-35)27-19-28(37)21-29(38)20-27/h6-7,18-21,25-26,39H,3-5,8-17,22-23H2,1-2H3. The van der Waals surface area contributed by atoms with Gasteiger partial charge in [0.05, 0.1) is 0 Å². The number of aryl methyl sites for hydroxylation is 1. The molecule has 0 saturated carbocycles. The lowest BCUT2D eigenvalue weighted by molar-refractivity contribution is 0.0719. The monoisotopic (exact) mass is 617 g/mol. The molecule has 5 heterocycles. The lowest BCUT2D eigenvalue weighted by Gasteiger charge is -2.45. The van der Waals surface area contributed by atoms with Gasteiger partial charge in [-0.05, 0) is 106 Å². The predicted molar refractivity (Wildman–Crippen MR) is 173 cm³/mol. The summed E-state index contributed by atoms with van der Waals surface area (Å²) in [6, 6.07) is 10.5. The highest BCUT2D eigenvalue weighted by molar-refractivity contribution is 5.98. The molecule has 1 aromatic heterocycles. The quantitative estimate of drug-likeness (QED) is 0.326. The van der Waals surface area contributed by atoms with Crippen molar-refractivity contribution in [3.05, 3.63) is 64.9 Å². The van der Waals surface area contributed by atoms with Crippen LogP contribution in [0.4, 0.5) is 20.5 Å². The molecule has 3 fully saturated rings. The molecule has 1 N–H and O–H groups in total. The number of hydrogen-bond acceptors (Lipinski definition) is 6. The fourth-order valence-corrected chi connectivity index (χ4v) is 8.20. The minimum absolute atomic E-state index is 0.145. The number of hydrogen-bond donors (Lipinski definition) is 1. The van der Waals surface area contributed by atoms with E-state index < -0.39 is 11.6 Å². The molecular formula is C36H45F2N5O2. The second kappa shape index (κ2) is 12.4. The van der Waals surface area contributed by atoms with E-state index in [0.717, 1.165) is 77.4 Å². The summed E-state index contributed by atoms with van der Waals surface area (Å²) < 4.78 is 34.5. The van der Waals surface area contributed by atoms with E-state index in [-0.39, 0.29) is 28.3 Å². The van der Waals surface area contributed by atoms with E-state index in [9.17, 15) is 13.6 Å². The third-order valence-electron chi connectivity index (χ3n) is 11.0. The van der Waals surface area contributed by atoms with Crippen LogP contribution in [-0.2, 0) is 5.41 Å². The molecule has 9 heteroatoms. The van der Waals surface area contributed by atoms with E-state index in [0.29, 0.717) is 30.9 Å². The Morgan fingerprint density at radius 2 is 1.78 bits per heavy atom. The van der Waals surface area contributed by atoms with Crippen molar-refractivity contribution >= 4 is 17.6 Å². The largest absolute Gasteiger partial charge is 0.423 e. The van der Waals surface area contributed by atoms with Crippen LogP contribution in [0.2, 0.25) is 0 Å². The molecule has 3 saturated heterocycles. The SMILES string of the molecule is Cc1ccc2c(c1)NCC21CCN(CCC2CCN(c3nc(C(=O)N4CCCCC4)c(-c4cc(F)cc(F)c4)o3)CC2)CC1C. The van der Waals surface area contributed by atoms with E-state index in [1.807, 2.05) is 0 Å². The second-order valence-corrected chi connectivity index (χ2v) is 13.9. The summed E-state index contributed by atoms with van der Waals surface area (Å²) in [5.41, 5.74) is 4.73. The first kappa shape index (κ1) is 30.2. The van der Waals surface area contributed by atoms with Gasteiger partial charge in [0.2, 0.25) is 0 Å². The Hall–Kier alpha value is -3.46. The summed E-state index contributed by atoms with van der Waals surface area (Å²) in [5.74, 6) is -0.295. The first-order chi connectivity index (χ1) is 21.8. The van der Waals surface area contributed by atoms with Gasteiger partial charge in [-0.1, -0.05) is 19.1 Å². The summed E-state index contributed by atoms with van der Waals surface area (Å²) in [6.07, 6.45) is 7.37. The minimum atomic E-state index is -0.710. The van der Waals surface area contributed by atoms with Crippen molar-refractivity contribution < 1.29 is 18.0 Å². The molecule has 3 aromatic rings. The smallest absolute Gasteiger partial charge is 0.298 e. The third kappa shape index (κ3) is 5.96. The van der Waals surface area contributed by atoms with Crippen molar-refractivity contribution in [3.8, 4) is 11.3 Å². The van der Waals surface area contributed by atoms with Crippen molar-refractivity contribution in [2.75, 3.05) is 62.6 Å². The van der Waals surface area contributed by atoms with Crippen molar-refractivity contribution in [2.24, 2.45) is 11.8 Å². The average Bonchev–Trinajstić information content (AvgIpc) is 3.64. The number of amides is 1. The number of carbonyl (C=O) groups is 1. The zero-order valence-corrected chi connectivity index (χ0v) is 26.6. The van der Waals surface area contributed by atoms with E-state index in [1.165, 1.54) is 41.8 Å². The van der Waals surface area contributed by atoms with Gasteiger partial charge in [-0.2, -0.15) is 4.98 Å². The molecule has 2 atom stereocenters. The summed E-state index contributed by atoms with van der Waals surface area (Å²) in [5, 5.41) is 3.70. The van der Waals surface area contributed by atoms with Crippen molar-refractivity contribution in [1.29, 1.82) is 0 Å². The van der Waals surface area contributed by atoms with Gasteiger partial charge >= 0.3 is 0 Å². The number of piperidine rings is 3. The highest BCUT2D eigenvalue weighted by Crippen LogP contribution is 2.47. The highest BCUT2D eigenvalue weighted by Gasteiger charge is 2.46. The zero-order chi connectivity index (χ0) is 31.1. The van der Waals surface area contributed by atoms with Gasteiger partial charge in [0.1, 0.15) is 11.6 Å². The van der Waals surface area contributed by atoms with E-state index in [1.54, 1.807) is 4.90 Å². The number of anilines is 2. The number of oxazole rings is 1. The number of fused-ring (bicyclic) bond motifs is 2. The fourth-order valence-electron chi connectivity index (χ4n) is 8.20. The van der Waals surface area contributed by atoms with Crippen LogP contribution in [0.25, 0.3) is 11.3 Å². The van der Waals surface area contributed by atoms with Crippen LogP contribution in [0.5, 0.6) is 0 Å². The first-order valence-electron chi connectivity index (χ1n) is 16.9. The first-order valence-corrected chi connectivity index (χ1v) is 16.9. The zero-order valence-electron chi connectivity index (χ0n) is 26.6. The molecule has 7 rings (SSSR count). The summed E-state index contributed by atoms with van der Waals surface area (Å²) in [7, 11) is 0. The van der Waals surface area contributed by atoms with Crippen molar-refractivity contribution in [3.63, 3.8) is 0 Å². The van der Waals surface area contributed by atoms with Gasteiger partial charge in [-0.15, -0.1) is 0 Å². The molecule has 4 aliphatic heterocycles. The lowest BCUT2D eigenvalue weighted by Crippen LogP contribution is -2.50. The molecule has 1 amide bonds. The number of carbonyl (C=O) groups excluding carboxylic acids is 1. The molecule has 45 heavy (non-hydrogen) atoms. The number of benzene rings is 2. The molecule has 0 aliphatic carbocycles. The lowest BCUT2D eigenvalue weighted by atomic mass is 9.67. The summed E-state index contributed by atoms with van der Waals surface area (Å²) >= 11 is 0. The molecule has 7 nitrogen and oxygen atoms in total. The van der Waals surface area contributed by atoms with Gasteiger partial charge in [-0.3, -0.25) is 4.79 Å². The van der Waals surface area contributed by atoms with Crippen LogP contribution in [0.1, 0.15) is 73.5 Å². The second-order valence-electron chi connectivity index (χ2n) is 13.9. The molecule has 0 bridgehead atoms. The normalized spacial score (nSPS) is 24.2. The predicted octanol–water partition coefficient (Wildman–Crippen LogP) is 6.87. The van der Waals surface area contributed by atoms with Crippen molar-refractivity contribution in [2.45, 2.75) is 64.2 Å². The maximum Gasteiger partial charge on any atom is 0.298 e. The van der Waals surface area contributed by atoms with Crippen LogP contribution in [0.3, 0.4) is 0 Å². The van der Waals surface area contributed by atoms with E-state index >= 15 is 0 Å². The molecule has 1 spiro atoms. The maximum absolute atomic E-state index is 14.2. The Bertz CT molecular complexity index is 1520. The number of likely N-dealkylation sites (tertiary alicyclic amines) is 2. The number of nitrogens with one attached hydrogen (secondary N) is 1. The van der Waals surface area contributed by atoms with Gasteiger partial charge < -0.3 is 24.4 Å². The number of halogens is 2. The Balaban J connectivity index is 0.977. The Labute approximate surface area is 265 Å². The average molecular weight is 618 g/mol. The fraction of sp³-hybridized carbons (Fsp3) is 0.556. The highest BCUT2D eigenvalue weighted by atomic mass is 19.1. The number of rotatable bonds is 6. The van der Waals surface area contributed by atoms with Gasteiger partial charge in [0.15, 0.2) is 11.5 Å². The molecule has 240 valence electrons. The van der Waals surface area contributed by atoms with Crippen LogP contribution < -0.4 is 10.2 Å². The van der Waals surface area contributed by atoms with Gasteiger partial charge in [-0.25, -0.2) is 8.78 Å². The van der Waals surface area contributed by atoms with E-state index in [2.05, 4.69) is 52.1 Å². The Morgan fingerprint density at radius 1 is 1.02 bits per heavy atom. The molecular weight excluding hydrogens is 572 g/mol. The topological polar surface area (TPSA) is 64.8 Å². The summed E-state index contributed by atoms with van der Waals surface area (Å²) in [4.78, 5) is 24.7. The minimum Gasteiger partial charge on any atom is -0.423 e. The van der Waals surface area contributed by atoms with Crippen LogP contribution in [0.15, 0.2) is 40.8 Å². The number of nitrogens with zero attached hydrogens (tertiary/aromatic N) is 4. The molecule has 2 unspecified atom stereocenters. The molecule has 0 radical (unpaired) electrons. The van der Waals surface area contributed by atoms with Gasteiger partial charge in [0.25, 0.3) is 11.9 Å². The Kier molecular flexibility index (Phi) is 8.31. The number of aromatic nitrogens is 1. The van der Waals surface area contributed by atoms with Crippen LogP contribution in [0, 0.1) is 30.4 Å². The third-order valence-corrected chi connectivity index (χ3v) is 11.0. The molecule has 4 aliphatic rings. The van der Waals surface area contributed by atoms with Crippen molar-refractivity contribution in [1.82, 2.24) is 14.8 Å². The summed E-state index contributed by atoms with van der Waals surface area (Å²) in [6.45, 7) is 11.9. The molecule has 2 aromatic carbocycles. The van der Waals surface area contributed by atoms with Crippen LogP contribution >= 0.6 is 0 Å². The maximum atomic E-state index is 14.2. The van der Waals surface area contributed by atoms with E-state index in [4.69, 9.17) is 4.42 Å². The Morgan fingerprint density at radius 3 is 2.51 bits per heavy atom. The van der Waals surface area contributed by atoms with Gasteiger partial charge in [0, 0.05) is 62.0 Å².